The van der Waals surface area contributed by atoms with Gasteiger partial charge in [0.15, 0.2) is 0 Å². The molecule has 0 aromatic heterocycles. The van der Waals surface area contributed by atoms with Crippen LogP contribution in [0, 0.1) is 5.92 Å². The molecule has 0 fully saturated rings. The second-order valence-corrected chi connectivity index (χ2v) is 7.12. The quantitative estimate of drug-likeness (QED) is 0.373. The summed E-state index contributed by atoms with van der Waals surface area (Å²) in [5.74, 6) is 0.484. The molecule has 2 nitrogen and oxygen atoms in total. The molecule has 0 aromatic rings. The molecule has 0 unspecified atom stereocenters. The van der Waals surface area contributed by atoms with Gasteiger partial charge in [-0.15, -0.1) is 0 Å². The van der Waals surface area contributed by atoms with Gasteiger partial charge in [0.05, 0.1) is 17.3 Å². The summed E-state index contributed by atoms with van der Waals surface area (Å²) < 4.78 is 6.18. The van der Waals surface area contributed by atoms with E-state index < -0.39 is 5.60 Å². The van der Waals surface area contributed by atoms with Gasteiger partial charge in [0.25, 0.3) is 0 Å². The van der Waals surface area contributed by atoms with Crippen molar-refractivity contribution in [1.29, 1.82) is 0 Å². The lowest BCUT2D eigenvalue weighted by molar-refractivity contribution is -0.103. The minimum atomic E-state index is -0.399. The van der Waals surface area contributed by atoms with Gasteiger partial charge >= 0.3 is 0 Å². The van der Waals surface area contributed by atoms with Crippen LogP contribution in [0.5, 0.6) is 0 Å². The molecule has 0 atom stereocenters. The highest BCUT2D eigenvalue weighted by Crippen LogP contribution is 2.30. The van der Waals surface area contributed by atoms with E-state index >= 15 is 0 Å². The van der Waals surface area contributed by atoms with E-state index in [0.29, 0.717) is 12.0 Å². The van der Waals surface area contributed by atoms with E-state index in [0.717, 1.165) is 57.8 Å². The van der Waals surface area contributed by atoms with Crippen LogP contribution in [0.25, 0.3) is 0 Å². The van der Waals surface area contributed by atoms with Crippen molar-refractivity contribution in [3.63, 3.8) is 0 Å². The summed E-state index contributed by atoms with van der Waals surface area (Å²) in [7, 11) is 0. The fourth-order valence-electron chi connectivity index (χ4n) is 3.68. The van der Waals surface area contributed by atoms with Gasteiger partial charge in [0.2, 0.25) is 0 Å². The van der Waals surface area contributed by atoms with Gasteiger partial charge < -0.3 is 9.84 Å². The van der Waals surface area contributed by atoms with E-state index in [4.69, 9.17) is 4.74 Å². The molecular formula is C24H54O2. The normalized spacial score (nSPS) is 11.8. The fraction of sp³-hybridized carbons (Fsp3) is 1.00. The van der Waals surface area contributed by atoms with E-state index in [9.17, 15) is 5.11 Å². The number of hydrogen-bond acceptors (Lipinski definition) is 2. The maximum atomic E-state index is 10.1. The summed E-state index contributed by atoms with van der Waals surface area (Å²) in [4.78, 5) is 0. The predicted molar refractivity (Wildman–Crippen MR) is 120 cm³/mol. The third-order valence-electron chi connectivity index (χ3n) is 6.23. The van der Waals surface area contributed by atoms with Gasteiger partial charge in [-0.05, 0) is 50.9 Å². The SMILES string of the molecule is CC.CCC(CC)C(O)(CC)CC.CCC(CC)OC(CC)(CC)CC. The van der Waals surface area contributed by atoms with Gasteiger partial charge in [-0.25, -0.2) is 0 Å². The smallest absolute Gasteiger partial charge is 0.0678 e. The lowest BCUT2D eigenvalue weighted by atomic mass is 9.80. The third kappa shape index (κ3) is 10.9. The highest BCUT2D eigenvalue weighted by Gasteiger charge is 2.30. The first-order valence-corrected chi connectivity index (χ1v) is 11.7. The van der Waals surface area contributed by atoms with Crippen molar-refractivity contribution in [2.24, 2.45) is 5.92 Å². The molecule has 2 heteroatoms. The summed E-state index contributed by atoms with van der Waals surface area (Å²) in [6.45, 7) is 23.6. The summed E-state index contributed by atoms with van der Waals surface area (Å²) in [6, 6.07) is 0. The van der Waals surface area contributed by atoms with Crippen LogP contribution in [0.3, 0.4) is 0 Å². The standard InChI is InChI=1S/C12H26O.C10H22O.C2H6/c1-6-11(7-2)13-12(8-3,9-4)10-5;1-5-9(6-2)10(11,7-3)8-4;1-2/h11H,6-10H2,1-5H3;9,11H,5-8H2,1-4H3;1-2H3. The van der Waals surface area contributed by atoms with Crippen LogP contribution in [0.1, 0.15) is 134 Å². The molecule has 0 saturated heterocycles. The van der Waals surface area contributed by atoms with Crippen LogP contribution in [0.4, 0.5) is 0 Å². The second-order valence-electron chi connectivity index (χ2n) is 7.12. The Balaban J connectivity index is -0.000000375. The van der Waals surface area contributed by atoms with E-state index in [1.807, 2.05) is 13.8 Å². The number of ether oxygens (including phenoxy) is 1. The van der Waals surface area contributed by atoms with Crippen LogP contribution in [-0.2, 0) is 4.74 Å². The van der Waals surface area contributed by atoms with Crippen molar-refractivity contribution < 1.29 is 9.84 Å². The predicted octanol–water partition coefficient (Wildman–Crippen LogP) is 8.16. The number of rotatable bonds is 12. The highest BCUT2D eigenvalue weighted by atomic mass is 16.5. The van der Waals surface area contributed by atoms with E-state index in [2.05, 4.69) is 62.3 Å². The Morgan fingerprint density at radius 1 is 0.615 bits per heavy atom. The van der Waals surface area contributed by atoms with Crippen molar-refractivity contribution in [3.8, 4) is 0 Å². The van der Waals surface area contributed by atoms with Gasteiger partial charge in [-0.1, -0.05) is 89.0 Å². The Bertz CT molecular complexity index is 251. The Labute approximate surface area is 167 Å². The van der Waals surface area contributed by atoms with Gasteiger partial charge in [-0.3, -0.25) is 0 Å². The fourth-order valence-corrected chi connectivity index (χ4v) is 3.68. The zero-order valence-corrected chi connectivity index (χ0v) is 20.4. The first kappa shape index (κ1) is 30.6. The molecule has 0 heterocycles. The van der Waals surface area contributed by atoms with Crippen LogP contribution >= 0.6 is 0 Å². The molecule has 0 aromatic carbocycles. The maximum absolute atomic E-state index is 10.1. The topological polar surface area (TPSA) is 29.5 Å². The largest absolute Gasteiger partial charge is 0.390 e. The number of aliphatic hydroxyl groups is 1. The van der Waals surface area contributed by atoms with Crippen molar-refractivity contribution in [2.75, 3.05) is 0 Å². The molecule has 0 aliphatic heterocycles. The molecule has 26 heavy (non-hydrogen) atoms. The molecule has 0 aliphatic carbocycles. The van der Waals surface area contributed by atoms with Crippen LogP contribution in [0.15, 0.2) is 0 Å². The molecule has 0 bridgehead atoms. The molecule has 0 radical (unpaired) electrons. The molecular weight excluding hydrogens is 320 g/mol. The minimum absolute atomic E-state index is 0.149. The van der Waals surface area contributed by atoms with Gasteiger partial charge in [-0.2, -0.15) is 0 Å². The Morgan fingerprint density at radius 2 is 0.962 bits per heavy atom. The molecule has 0 spiro atoms. The summed E-state index contributed by atoms with van der Waals surface area (Å²) in [6.07, 6.45) is 10.1. The van der Waals surface area contributed by atoms with Crippen molar-refractivity contribution in [1.82, 2.24) is 0 Å². The number of hydrogen-bond donors (Lipinski definition) is 1. The Hall–Kier alpha value is -0.0800. The van der Waals surface area contributed by atoms with E-state index in [1.165, 1.54) is 0 Å². The average molecular weight is 375 g/mol. The van der Waals surface area contributed by atoms with Crippen molar-refractivity contribution in [3.05, 3.63) is 0 Å². The zero-order valence-electron chi connectivity index (χ0n) is 20.4. The van der Waals surface area contributed by atoms with E-state index in [-0.39, 0.29) is 5.60 Å². The van der Waals surface area contributed by atoms with Crippen LogP contribution in [0.2, 0.25) is 0 Å². The highest BCUT2D eigenvalue weighted by molar-refractivity contribution is 4.82. The second kappa shape index (κ2) is 18.3. The molecule has 162 valence electrons. The molecule has 0 amide bonds. The van der Waals surface area contributed by atoms with E-state index in [1.54, 1.807) is 0 Å². The molecule has 0 aliphatic rings. The Morgan fingerprint density at radius 3 is 1.12 bits per heavy atom. The lowest BCUT2D eigenvalue weighted by Gasteiger charge is -2.34. The molecule has 1 N–H and O–H groups in total. The Kier molecular flexibility index (Phi) is 21.6. The molecule has 0 saturated carbocycles. The first-order chi connectivity index (χ1) is 12.3. The average Bonchev–Trinajstić information content (AvgIpc) is 2.72. The van der Waals surface area contributed by atoms with Crippen LogP contribution < -0.4 is 0 Å². The van der Waals surface area contributed by atoms with Crippen molar-refractivity contribution in [2.45, 2.75) is 151 Å². The van der Waals surface area contributed by atoms with Gasteiger partial charge in [0, 0.05) is 0 Å². The molecule has 0 rings (SSSR count). The first-order valence-electron chi connectivity index (χ1n) is 11.7. The van der Waals surface area contributed by atoms with Gasteiger partial charge in [0.1, 0.15) is 0 Å². The zero-order chi connectivity index (χ0) is 21.2. The third-order valence-corrected chi connectivity index (χ3v) is 6.23. The summed E-state index contributed by atoms with van der Waals surface area (Å²) in [5.41, 5.74) is -0.250. The summed E-state index contributed by atoms with van der Waals surface area (Å²) in [5, 5.41) is 10.1. The summed E-state index contributed by atoms with van der Waals surface area (Å²) >= 11 is 0. The monoisotopic (exact) mass is 374 g/mol. The van der Waals surface area contributed by atoms with Crippen molar-refractivity contribution >= 4 is 0 Å². The van der Waals surface area contributed by atoms with Crippen LogP contribution in [-0.4, -0.2) is 22.4 Å². The minimum Gasteiger partial charge on any atom is -0.390 e. The maximum Gasteiger partial charge on any atom is 0.0678 e. The lowest BCUT2D eigenvalue weighted by Crippen LogP contribution is -2.35.